The molecule has 0 saturated carbocycles. The number of hydrogen-bond acceptors (Lipinski definition) is 3. The maximum absolute atomic E-state index is 5.85. The molecule has 21 heavy (non-hydrogen) atoms. The number of halogens is 1. The van der Waals surface area contributed by atoms with Crippen LogP contribution in [0.15, 0.2) is 59.1 Å². The molecule has 106 valence electrons. The van der Waals surface area contributed by atoms with Crippen molar-refractivity contribution < 1.29 is 4.74 Å². The van der Waals surface area contributed by atoms with Gasteiger partial charge < -0.3 is 10.1 Å². The molecular weight excluding hydrogens is 328 g/mol. The van der Waals surface area contributed by atoms with Crippen LogP contribution in [0, 0.1) is 0 Å². The van der Waals surface area contributed by atoms with E-state index in [-0.39, 0.29) is 0 Å². The fraction of sp³-hybridized carbons (Fsp3) is 0.118. The fourth-order valence-electron chi connectivity index (χ4n) is 2.17. The minimum Gasteiger partial charge on any atom is -0.439 e. The van der Waals surface area contributed by atoms with E-state index in [0.29, 0.717) is 5.88 Å². The topological polar surface area (TPSA) is 34.1 Å². The third-order valence-electron chi connectivity index (χ3n) is 3.14. The van der Waals surface area contributed by atoms with Gasteiger partial charge in [0.2, 0.25) is 5.88 Å². The first-order valence-corrected chi connectivity index (χ1v) is 7.51. The summed E-state index contributed by atoms with van der Waals surface area (Å²) in [5.41, 5.74) is 0.958. The summed E-state index contributed by atoms with van der Waals surface area (Å²) < 4.78 is 6.93. The number of hydrogen-bond donors (Lipinski definition) is 1. The minimum atomic E-state index is 0.610. The molecule has 0 aliphatic carbocycles. The second-order valence-corrected chi connectivity index (χ2v) is 5.67. The van der Waals surface area contributed by atoms with Crippen LogP contribution in [0.4, 0.5) is 0 Å². The van der Waals surface area contributed by atoms with Gasteiger partial charge in [-0.3, -0.25) is 0 Å². The zero-order valence-corrected chi connectivity index (χ0v) is 13.2. The second kappa shape index (κ2) is 6.24. The molecular formula is C17H15BrN2O. The molecule has 0 unspecified atom stereocenters. The lowest BCUT2D eigenvalue weighted by atomic mass is 10.1. The lowest BCUT2D eigenvalue weighted by Gasteiger charge is -2.08. The zero-order chi connectivity index (χ0) is 14.7. The number of ether oxygens (including phenoxy) is 1. The van der Waals surface area contributed by atoms with Gasteiger partial charge >= 0.3 is 0 Å². The number of pyridine rings is 1. The van der Waals surface area contributed by atoms with Crippen molar-refractivity contribution in [2.75, 3.05) is 7.05 Å². The van der Waals surface area contributed by atoms with E-state index in [0.717, 1.165) is 27.8 Å². The maximum Gasteiger partial charge on any atom is 0.219 e. The van der Waals surface area contributed by atoms with Crippen molar-refractivity contribution in [3.8, 4) is 11.6 Å². The van der Waals surface area contributed by atoms with E-state index in [9.17, 15) is 0 Å². The number of benzene rings is 2. The predicted octanol–water partition coefficient (Wildman–Crippen LogP) is 4.51. The van der Waals surface area contributed by atoms with Crippen LogP contribution in [0.1, 0.15) is 5.69 Å². The highest BCUT2D eigenvalue weighted by atomic mass is 79.9. The summed E-state index contributed by atoms with van der Waals surface area (Å²) in [4.78, 5) is 4.46. The molecule has 3 rings (SSSR count). The van der Waals surface area contributed by atoms with Crippen molar-refractivity contribution in [2.45, 2.75) is 6.54 Å². The molecule has 4 heteroatoms. The van der Waals surface area contributed by atoms with Crippen LogP contribution < -0.4 is 10.1 Å². The molecule has 0 amide bonds. The molecule has 0 spiro atoms. The monoisotopic (exact) mass is 342 g/mol. The highest BCUT2D eigenvalue weighted by molar-refractivity contribution is 9.10. The number of rotatable bonds is 4. The number of nitrogens with one attached hydrogen (secondary N) is 1. The molecule has 1 heterocycles. The Kier molecular flexibility index (Phi) is 4.18. The molecule has 0 atom stereocenters. The van der Waals surface area contributed by atoms with E-state index >= 15 is 0 Å². The molecule has 3 aromatic rings. The van der Waals surface area contributed by atoms with Crippen molar-refractivity contribution in [1.82, 2.24) is 10.3 Å². The summed E-state index contributed by atoms with van der Waals surface area (Å²) in [6.45, 7) is 0.725. The zero-order valence-electron chi connectivity index (χ0n) is 11.6. The summed E-state index contributed by atoms with van der Waals surface area (Å²) in [6, 6.07) is 18.0. The highest BCUT2D eigenvalue weighted by Gasteiger charge is 2.02. The van der Waals surface area contributed by atoms with Crippen LogP contribution in [-0.4, -0.2) is 12.0 Å². The van der Waals surface area contributed by atoms with Gasteiger partial charge in [-0.2, -0.15) is 0 Å². The normalized spacial score (nSPS) is 10.8. The first-order valence-electron chi connectivity index (χ1n) is 6.72. The molecule has 1 N–H and O–H groups in total. The first-order chi connectivity index (χ1) is 10.2. The number of fused-ring (bicyclic) bond motifs is 1. The lowest BCUT2D eigenvalue weighted by Crippen LogP contribution is -2.06. The third kappa shape index (κ3) is 3.40. The SMILES string of the molecule is CNCc1cccc(Oc2ccc3cc(Br)ccc3c2)n1. The summed E-state index contributed by atoms with van der Waals surface area (Å²) >= 11 is 3.48. The van der Waals surface area contributed by atoms with Crippen molar-refractivity contribution >= 4 is 26.7 Å². The molecule has 0 fully saturated rings. The van der Waals surface area contributed by atoms with Gasteiger partial charge in [-0.05, 0) is 48.2 Å². The fourth-order valence-corrected chi connectivity index (χ4v) is 2.55. The Hall–Kier alpha value is -1.91. The largest absolute Gasteiger partial charge is 0.439 e. The van der Waals surface area contributed by atoms with Crippen LogP contribution >= 0.6 is 15.9 Å². The third-order valence-corrected chi connectivity index (χ3v) is 3.63. The highest BCUT2D eigenvalue weighted by Crippen LogP contribution is 2.26. The Morgan fingerprint density at radius 1 is 1.05 bits per heavy atom. The molecule has 3 nitrogen and oxygen atoms in total. The van der Waals surface area contributed by atoms with E-state index in [1.165, 1.54) is 5.39 Å². The Morgan fingerprint density at radius 2 is 1.86 bits per heavy atom. The van der Waals surface area contributed by atoms with E-state index in [1.54, 1.807) is 0 Å². The van der Waals surface area contributed by atoms with Gasteiger partial charge in [-0.15, -0.1) is 0 Å². The quantitative estimate of drug-likeness (QED) is 0.757. The average molecular weight is 343 g/mol. The Bertz CT molecular complexity index is 774. The van der Waals surface area contributed by atoms with Crippen LogP contribution in [0.2, 0.25) is 0 Å². The van der Waals surface area contributed by atoms with Crippen molar-refractivity contribution in [2.24, 2.45) is 0 Å². The smallest absolute Gasteiger partial charge is 0.219 e. The van der Waals surface area contributed by atoms with Gasteiger partial charge in [0.15, 0.2) is 0 Å². The molecule has 0 saturated heterocycles. The summed E-state index contributed by atoms with van der Waals surface area (Å²) in [5, 5.41) is 5.40. The molecule has 0 aliphatic rings. The van der Waals surface area contributed by atoms with Crippen LogP contribution in [-0.2, 0) is 6.54 Å². The molecule has 2 aromatic carbocycles. The molecule has 0 bridgehead atoms. The Morgan fingerprint density at radius 3 is 2.71 bits per heavy atom. The van der Waals surface area contributed by atoms with Gasteiger partial charge in [0, 0.05) is 17.1 Å². The van der Waals surface area contributed by atoms with Gasteiger partial charge in [-0.1, -0.05) is 34.1 Å². The number of nitrogens with zero attached hydrogens (tertiary/aromatic N) is 1. The second-order valence-electron chi connectivity index (χ2n) is 4.75. The summed E-state index contributed by atoms with van der Waals surface area (Å²) in [6.07, 6.45) is 0. The molecule has 0 aliphatic heterocycles. The number of aromatic nitrogens is 1. The van der Waals surface area contributed by atoms with Gasteiger partial charge in [0.05, 0.1) is 5.69 Å². The lowest BCUT2D eigenvalue weighted by molar-refractivity contribution is 0.461. The first kappa shape index (κ1) is 14.0. The van der Waals surface area contributed by atoms with E-state index < -0.39 is 0 Å². The van der Waals surface area contributed by atoms with Gasteiger partial charge in [0.1, 0.15) is 5.75 Å². The Balaban J connectivity index is 1.87. The van der Waals surface area contributed by atoms with Gasteiger partial charge in [0.25, 0.3) is 0 Å². The van der Waals surface area contributed by atoms with Crippen LogP contribution in [0.3, 0.4) is 0 Å². The maximum atomic E-state index is 5.85. The van der Waals surface area contributed by atoms with Crippen LogP contribution in [0.5, 0.6) is 11.6 Å². The molecule has 1 aromatic heterocycles. The van der Waals surface area contributed by atoms with Crippen molar-refractivity contribution in [1.29, 1.82) is 0 Å². The van der Waals surface area contributed by atoms with Gasteiger partial charge in [-0.25, -0.2) is 4.98 Å². The predicted molar refractivity (Wildman–Crippen MR) is 88.7 cm³/mol. The van der Waals surface area contributed by atoms with Crippen LogP contribution in [0.25, 0.3) is 10.8 Å². The molecule has 0 radical (unpaired) electrons. The van der Waals surface area contributed by atoms with E-state index in [4.69, 9.17) is 4.74 Å². The minimum absolute atomic E-state index is 0.610. The summed E-state index contributed by atoms with van der Waals surface area (Å²) in [5.74, 6) is 1.40. The Labute approximate surface area is 132 Å². The van der Waals surface area contributed by atoms with E-state index in [2.05, 4.69) is 38.4 Å². The average Bonchev–Trinajstić information content (AvgIpc) is 2.48. The summed E-state index contributed by atoms with van der Waals surface area (Å²) in [7, 11) is 1.90. The standard InChI is InChI=1S/C17H15BrN2O/c1-19-11-15-3-2-4-17(20-15)21-16-8-6-12-9-14(18)7-5-13(12)10-16/h2-10,19H,11H2,1H3. The van der Waals surface area contributed by atoms with Crippen molar-refractivity contribution in [3.63, 3.8) is 0 Å². The van der Waals surface area contributed by atoms with E-state index in [1.807, 2.05) is 49.5 Å². The van der Waals surface area contributed by atoms with Crippen molar-refractivity contribution in [3.05, 3.63) is 64.8 Å².